The first-order valence-corrected chi connectivity index (χ1v) is 18.2. The largest absolute Gasteiger partial charge is 0.456 e. The van der Waals surface area contributed by atoms with E-state index in [2.05, 4.69) is 138 Å². The van der Waals surface area contributed by atoms with Gasteiger partial charge in [-0.25, -0.2) is 4.98 Å². The topological polar surface area (TPSA) is 42.4 Å². The number of furan rings is 1. The van der Waals surface area contributed by atoms with E-state index >= 15 is 0 Å². The van der Waals surface area contributed by atoms with E-state index in [1.54, 1.807) is 0 Å². The molecule has 11 aromatic rings. The maximum Gasteiger partial charge on any atom is 0.228 e. The van der Waals surface area contributed by atoms with Gasteiger partial charge in [0.2, 0.25) is 5.89 Å². The fourth-order valence-corrected chi connectivity index (χ4v) is 8.80. The Kier molecular flexibility index (Phi) is 6.39. The van der Waals surface area contributed by atoms with Gasteiger partial charge in [-0.3, -0.25) is 0 Å². The molecule has 0 fully saturated rings. The van der Waals surface area contributed by atoms with E-state index in [9.17, 15) is 0 Å². The van der Waals surface area contributed by atoms with E-state index in [-0.39, 0.29) is 0 Å². The number of nitrogens with zero attached hydrogens (tertiary/aromatic N) is 2. The number of thiophene rings is 1. The lowest BCUT2D eigenvalue weighted by atomic mass is 9.97. The van der Waals surface area contributed by atoms with Gasteiger partial charge in [0.15, 0.2) is 5.58 Å². The zero-order valence-electron chi connectivity index (χ0n) is 27.8. The molecule has 0 aliphatic carbocycles. The van der Waals surface area contributed by atoms with E-state index in [0.29, 0.717) is 5.89 Å². The smallest absolute Gasteiger partial charge is 0.228 e. The quantitative estimate of drug-likeness (QED) is 0.181. The fraction of sp³-hybridized carbons (Fsp3) is 0. The van der Waals surface area contributed by atoms with Crippen LogP contribution in [0.4, 0.5) is 17.1 Å². The number of benzene rings is 8. The summed E-state index contributed by atoms with van der Waals surface area (Å²) in [6.07, 6.45) is 0. The Hall–Kier alpha value is -6.69. The molecule has 3 aromatic heterocycles. The minimum Gasteiger partial charge on any atom is -0.456 e. The zero-order chi connectivity index (χ0) is 34.2. The van der Waals surface area contributed by atoms with Gasteiger partial charge in [-0.2, -0.15) is 0 Å². The molecule has 3 heterocycles. The maximum absolute atomic E-state index is 6.61. The summed E-state index contributed by atoms with van der Waals surface area (Å²) >= 11 is 1.83. The second-order valence-corrected chi connectivity index (χ2v) is 14.2. The van der Waals surface area contributed by atoms with Crippen LogP contribution in [0.1, 0.15) is 0 Å². The Labute approximate surface area is 302 Å². The molecule has 52 heavy (non-hydrogen) atoms. The fourth-order valence-electron chi connectivity index (χ4n) is 7.71. The van der Waals surface area contributed by atoms with E-state index in [1.165, 1.54) is 36.5 Å². The first kappa shape index (κ1) is 29.1. The van der Waals surface area contributed by atoms with Crippen LogP contribution in [0.3, 0.4) is 0 Å². The van der Waals surface area contributed by atoms with Gasteiger partial charge in [0, 0.05) is 59.6 Å². The highest BCUT2D eigenvalue weighted by atomic mass is 32.1. The molecule has 0 N–H and O–H groups in total. The van der Waals surface area contributed by atoms with Crippen LogP contribution >= 0.6 is 11.3 Å². The van der Waals surface area contributed by atoms with E-state index in [1.807, 2.05) is 47.7 Å². The van der Waals surface area contributed by atoms with Crippen molar-refractivity contribution in [1.29, 1.82) is 0 Å². The predicted molar refractivity (Wildman–Crippen MR) is 217 cm³/mol. The van der Waals surface area contributed by atoms with Gasteiger partial charge >= 0.3 is 0 Å². The average molecular weight is 685 g/mol. The van der Waals surface area contributed by atoms with Crippen LogP contribution in [0.25, 0.3) is 86.6 Å². The Morgan fingerprint density at radius 2 is 1.15 bits per heavy atom. The van der Waals surface area contributed by atoms with Gasteiger partial charge in [-0.1, -0.05) is 91.0 Å². The lowest BCUT2D eigenvalue weighted by Gasteiger charge is -2.26. The molecule has 11 rings (SSSR count). The summed E-state index contributed by atoms with van der Waals surface area (Å²) in [6, 6.07) is 59.9. The second-order valence-electron chi connectivity index (χ2n) is 13.1. The lowest BCUT2D eigenvalue weighted by molar-refractivity contribution is 0.620. The van der Waals surface area contributed by atoms with Crippen molar-refractivity contribution in [3.05, 3.63) is 170 Å². The molecule has 0 aliphatic rings. The molecular formula is C47H28N2O2S. The third-order valence-corrected chi connectivity index (χ3v) is 11.2. The highest BCUT2D eigenvalue weighted by Gasteiger charge is 2.20. The predicted octanol–water partition coefficient (Wildman–Crippen LogP) is 14.1. The van der Waals surface area contributed by atoms with Crippen LogP contribution in [-0.4, -0.2) is 4.98 Å². The van der Waals surface area contributed by atoms with Crippen molar-refractivity contribution in [2.75, 3.05) is 4.90 Å². The number of oxazole rings is 1. The van der Waals surface area contributed by atoms with Crippen LogP contribution in [0.15, 0.2) is 179 Å². The number of anilines is 3. The summed E-state index contributed by atoms with van der Waals surface area (Å²) < 4.78 is 15.4. The van der Waals surface area contributed by atoms with Crippen LogP contribution in [0.2, 0.25) is 0 Å². The summed E-state index contributed by atoms with van der Waals surface area (Å²) in [5.74, 6) is 0.585. The van der Waals surface area contributed by atoms with Crippen molar-refractivity contribution in [1.82, 2.24) is 4.98 Å². The highest BCUT2D eigenvalue weighted by molar-refractivity contribution is 7.25. The molecule has 0 bridgehead atoms. The zero-order valence-corrected chi connectivity index (χ0v) is 28.6. The van der Waals surface area contributed by atoms with Gasteiger partial charge in [-0.05, 0) is 94.7 Å². The molecule has 0 spiro atoms. The van der Waals surface area contributed by atoms with E-state index < -0.39 is 0 Å². The third kappa shape index (κ3) is 4.57. The van der Waals surface area contributed by atoms with Gasteiger partial charge < -0.3 is 13.7 Å². The first-order valence-electron chi connectivity index (χ1n) is 17.4. The van der Waals surface area contributed by atoms with Crippen LogP contribution < -0.4 is 4.90 Å². The molecule has 5 heteroatoms. The summed E-state index contributed by atoms with van der Waals surface area (Å²) in [7, 11) is 0. The highest BCUT2D eigenvalue weighted by Crippen LogP contribution is 2.44. The van der Waals surface area contributed by atoms with Crippen molar-refractivity contribution in [2.45, 2.75) is 0 Å². The monoisotopic (exact) mass is 684 g/mol. The van der Waals surface area contributed by atoms with Crippen LogP contribution in [-0.2, 0) is 0 Å². The molecule has 244 valence electrons. The number of para-hydroxylation sites is 2. The number of rotatable bonds is 5. The molecule has 0 amide bonds. The van der Waals surface area contributed by atoms with Crippen LogP contribution in [0, 0.1) is 0 Å². The standard InChI is InChI=1S/C47H28N2O2S/c1-2-14-34-29(10-1)11-8-16-35(34)30-12-7-13-31(26-30)49(32-23-25-45-39(27-32)36-15-3-6-21-44(36)52-45)33-22-24-37-43(28-33)50-42-20-9-17-38(46(37)42)47-48-40-18-4-5-19-41(40)51-47/h1-28H. The Morgan fingerprint density at radius 3 is 2.12 bits per heavy atom. The molecule has 0 saturated carbocycles. The minimum absolute atomic E-state index is 0.585. The van der Waals surface area contributed by atoms with Gasteiger partial charge in [0.1, 0.15) is 16.7 Å². The summed E-state index contributed by atoms with van der Waals surface area (Å²) in [5.41, 5.74) is 9.62. The van der Waals surface area contributed by atoms with Gasteiger partial charge in [-0.15, -0.1) is 11.3 Å². The number of hydrogen-bond donors (Lipinski definition) is 0. The van der Waals surface area contributed by atoms with Crippen molar-refractivity contribution < 1.29 is 8.83 Å². The number of aromatic nitrogens is 1. The number of fused-ring (bicyclic) bond motifs is 8. The summed E-state index contributed by atoms with van der Waals surface area (Å²) in [6.45, 7) is 0. The Bertz CT molecular complexity index is 3130. The normalized spacial score (nSPS) is 11.8. The van der Waals surface area contributed by atoms with E-state index in [0.717, 1.165) is 61.2 Å². The SMILES string of the molecule is c1cc(-c2cccc3ccccc23)cc(N(c2ccc3c(c2)oc2cccc(-c4nc5ccccc5o4)c23)c2ccc3sc4ccccc4c3c2)c1. The van der Waals surface area contributed by atoms with Crippen LogP contribution in [0.5, 0.6) is 0 Å². The van der Waals surface area contributed by atoms with Crippen molar-refractivity contribution in [3.63, 3.8) is 0 Å². The molecule has 0 saturated heterocycles. The molecule has 8 aromatic carbocycles. The van der Waals surface area contributed by atoms with Crippen molar-refractivity contribution in [2.24, 2.45) is 0 Å². The van der Waals surface area contributed by atoms with Gasteiger partial charge in [0.25, 0.3) is 0 Å². The third-order valence-electron chi connectivity index (χ3n) is 10.1. The average Bonchev–Trinajstić information content (AvgIpc) is 3.91. The molecular weight excluding hydrogens is 657 g/mol. The summed E-state index contributed by atoms with van der Waals surface area (Å²) in [4.78, 5) is 7.17. The van der Waals surface area contributed by atoms with Crippen molar-refractivity contribution >= 4 is 92.4 Å². The molecule has 0 atom stereocenters. The Balaban J connectivity index is 1.11. The van der Waals surface area contributed by atoms with Crippen molar-refractivity contribution in [3.8, 4) is 22.6 Å². The minimum atomic E-state index is 0.585. The molecule has 0 unspecified atom stereocenters. The lowest BCUT2D eigenvalue weighted by Crippen LogP contribution is -2.10. The molecule has 0 aliphatic heterocycles. The Morgan fingerprint density at radius 1 is 0.442 bits per heavy atom. The van der Waals surface area contributed by atoms with E-state index in [4.69, 9.17) is 13.8 Å². The second kappa shape index (κ2) is 11.4. The maximum atomic E-state index is 6.61. The van der Waals surface area contributed by atoms with Gasteiger partial charge in [0.05, 0.1) is 0 Å². The first-order chi connectivity index (χ1) is 25.7. The molecule has 0 radical (unpaired) electrons. The number of hydrogen-bond acceptors (Lipinski definition) is 5. The summed E-state index contributed by atoms with van der Waals surface area (Å²) in [5, 5.41) is 6.99. The molecule has 4 nitrogen and oxygen atoms in total.